The van der Waals surface area contributed by atoms with Crippen molar-refractivity contribution in [2.45, 2.75) is 0 Å². The van der Waals surface area contributed by atoms with Crippen molar-refractivity contribution in [2.75, 3.05) is 5.32 Å². The van der Waals surface area contributed by atoms with E-state index in [-0.39, 0.29) is 10.7 Å². The average molecular weight is 216 g/mol. The highest BCUT2D eigenvalue weighted by Gasteiger charge is 2.06. The van der Waals surface area contributed by atoms with Crippen LogP contribution in [0.5, 0.6) is 0 Å². The number of halogens is 2. The molecule has 1 aromatic rings. The van der Waals surface area contributed by atoms with Crippen molar-refractivity contribution in [3.05, 3.63) is 29.8 Å². The van der Waals surface area contributed by atoms with Crippen LogP contribution in [-0.2, 0) is 4.79 Å². The Hall–Kier alpha value is -1.56. The Morgan fingerprint density at radius 3 is 2.21 bits per heavy atom. The first-order chi connectivity index (χ1) is 6.49. The zero-order valence-electron chi connectivity index (χ0n) is 6.88. The number of hydrogen-bond acceptors (Lipinski definition) is 2. The van der Waals surface area contributed by atoms with Gasteiger partial charge in [-0.3, -0.25) is 4.79 Å². The third-order valence-electron chi connectivity index (χ3n) is 1.34. The fourth-order valence-corrected chi connectivity index (χ4v) is 0.937. The maximum atomic E-state index is 12.6. The Balaban J connectivity index is 2.87. The number of nitrogens with one attached hydrogen (secondary N) is 1. The molecule has 0 aromatic heterocycles. The molecule has 0 fully saturated rings. The molecule has 0 saturated carbocycles. The monoisotopic (exact) mass is 216 g/mol. The van der Waals surface area contributed by atoms with Crippen LogP contribution in [0.15, 0.2) is 18.2 Å². The number of carbonyl (C=O) groups is 1. The molecule has 0 bridgehead atoms. The molecule has 0 aliphatic rings. The lowest BCUT2D eigenvalue weighted by atomic mass is 10.3. The normalized spacial score (nSPS) is 9.57. The molecule has 0 unspecified atom stereocenters. The molecule has 1 aromatic carbocycles. The van der Waals surface area contributed by atoms with E-state index in [0.29, 0.717) is 6.07 Å². The van der Waals surface area contributed by atoms with Gasteiger partial charge in [-0.25, -0.2) is 8.78 Å². The Labute approximate surface area is 83.9 Å². The molecule has 1 amide bonds. The Kier molecular flexibility index (Phi) is 3.08. The predicted octanol–water partition coefficient (Wildman–Crippen LogP) is 1.19. The van der Waals surface area contributed by atoms with Gasteiger partial charge in [0.05, 0.1) is 0 Å². The van der Waals surface area contributed by atoms with E-state index in [1.807, 2.05) is 0 Å². The number of benzene rings is 1. The topological polar surface area (TPSA) is 55.1 Å². The van der Waals surface area contributed by atoms with E-state index in [9.17, 15) is 13.6 Å². The summed E-state index contributed by atoms with van der Waals surface area (Å²) in [5.74, 6) is -2.38. The van der Waals surface area contributed by atoms with E-state index in [1.165, 1.54) is 0 Å². The van der Waals surface area contributed by atoms with E-state index < -0.39 is 17.5 Å². The van der Waals surface area contributed by atoms with Crippen LogP contribution in [0.3, 0.4) is 0 Å². The SMILES string of the molecule is NC(=O)C(=S)Nc1cc(F)cc(F)c1. The highest BCUT2D eigenvalue weighted by molar-refractivity contribution is 7.82. The zero-order chi connectivity index (χ0) is 10.7. The second kappa shape index (κ2) is 4.10. The smallest absolute Gasteiger partial charge is 0.276 e. The fourth-order valence-electron chi connectivity index (χ4n) is 0.819. The van der Waals surface area contributed by atoms with Gasteiger partial charge in [-0.2, -0.15) is 0 Å². The van der Waals surface area contributed by atoms with Gasteiger partial charge in [-0.1, -0.05) is 12.2 Å². The van der Waals surface area contributed by atoms with Gasteiger partial charge >= 0.3 is 0 Å². The fraction of sp³-hybridized carbons (Fsp3) is 0. The van der Waals surface area contributed by atoms with Crippen LogP contribution < -0.4 is 11.1 Å². The molecular formula is C8H6F2N2OS. The van der Waals surface area contributed by atoms with Gasteiger partial charge in [-0.05, 0) is 12.1 Å². The van der Waals surface area contributed by atoms with Crippen LogP contribution >= 0.6 is 12.2 Å². The summed E-state index contributed by atoms with van der Waals surface area (Å²) >= 11 is 4.52. The number of anilines is 1. The Bertz CT molecular complexity index is 375. The van der Waals surface area contributed by atoms with Gasteiger partial charge in [0, 0.05) is 11.8 Å². The lowest BCUT2D eigenvalue weighted by Crippen LogP contribution is -2.27. The average Bonchev–Trinajstić information content (AvgIpc) is 2.01. The zero-order valence-corrected chi connectivity index (χ0v) is 7.70. The summed E-state index contributed by atoms with van der Waals surface area (Å²) in [5, 5.41) is 2.30. The summed E-state index contributed by atoms with van der Waals surface area (Å²) in [6, 6.07) is 2.70. The van der Waals surface area contributed by atoms with Crippen molar-refractivity contribution in [1.82, 2.24) is 0 Å². The van der Waals surface area contributed by atoms with Crippen molar-refractivity contribution >= 4 is 28.8 Å². The van der Waals surface area contributed by atoms with Crippen LogP contribution in [-0.4, -0.2) is 10.9 Å². The van der Waals surface area contributed by atoms with Crippen LogP contribution in [0.2, 0.25) is 0 Å². The maximum Gasteiger partial charge on any atom is 0.276 e. The summed E-state index contributed by atoms with van der Waals surface area (Å²) in [6.07, 6.45) is 0. The molecule has 0 aliphatic carbocycles. The first-order valence-electron chi connectivity index (χ1n) is 3.56. The molecule has 0 saturated heterocycles. The molecule has 0 heterocycles. The van der Waals surface area contributed by atoms with Crippen LogP contribution in [0.25, 0.3) is 0 Å². The van der Waals surface area contributed by atoms with E-state index in [2.05, 4.69) is 17.5 Å². The molecule has 3 nitrogen and oxygen atoms in total. The molecule has 1 rings (SSSR count). The molecular weight excluding hydrogens is 210 g/mol. The highest BCUT2D eigenvalue weighted by Crippen LogP contribution is 2.12. The van der Waals surface area contributed by atoms with E-state index in [4.69, 9.17) is 5.73 Å². The summed E-state index contributed by atoms with van der Waals surface area (Å²) in [4.78, 5) is 10.2. The van der Waals surface area contributed by atoms with E-state index in [0.717, 1.165) is 12.1 Å². The van der Waals surface area contributed by atoms with Gasteiger partial charge in [0.2, 0.25) is 0 Å². The van der Waals surface area contributed by atoms with E-state index >= 15 is 0 Å². The minimum atomic E-state index is -0.857. The van der Waals surface area contributed by atoms with Crippen LogP contribution in [0.1, 0.15) is 0 Å². The van der Waals surface area contributed by atoms with Gasteiger partial charge in [0.15, 0.2) is 4.99 Å². The number of thiocarbonyl (C=S) groups is 1. The molecule has 0 atom stereocenters. The summed E-state index contributed by atoms with van der Waals surface area (Å²) in [5.41, 5.74) is 4.88. The second-order valence-electron chi connectivity index (χ2n) is 2.48. The molecule has 74 valence electrons. The van der Waals surface area contributed by atoms with Crippen molar-refractivity contribution in [2.24, 2.45) is 5.73 Å². The number of carbonyl (C=O) groups excluding carboxylic acids is 1. The van der Waals surface area contributed by atoms with Crippen molar-refractivity contribution < 1.29 is 13.6 Å². The largest absolute Gasteiger partial charge is 0.364 e. The number of primary amides is 1. The molecule has 6 heteroatoms. The van der Waals surface area contributed by atoms with Crippen molar-refractivity contribution in [3.63, 3.8) is 0 Å². The maximum absolute atomic E-state index is 12.6. The second-order valence-corrected chi connectivity index (χ2v) is 2.88. The first-order valence-corrected chi connectivity index (χ1v) is 3.97. The third-order valence-corrected chi connectivity index (χ3v) is 1.65. The number of nitrogens with two attached hydrogens (primary N) is 1. The van der Waals surface area contributed by atoms with Crippen molar-refractivity contribution in [3.8, 4) is 0 Å². The number of amides is 1. The number of hydrogen-bond donors (Lipinski definition) is 2. The lowest BCUT2D eigenvalue weighted by molar-refractivity contribution is -0.111. The standard InChI is InChI=1S/C8H6F2N2OS/c9-4-1-5(10)3-6(2-4)12-8(14)7(11)13/h1-3H,(H2,11,13)(H,12,14). The number of rotatable bonds is 1. The van der Waals surface area contributed by atoms with Crippen LogP contribution in [0, 0.1) is 11.6 Å². The van der Waals surface area contributed by atoms with Crippen LogP contribution in [0.4, 0.5) is 14.5 Å². The summed E-state index contributed by atoms with van der Waals surface area (Å²) in [6.45, 7) is 0. The van der Waals surface area contributed by atoms with E-state index in [1.54, 1.807) is 0 Å². The highest BCUT2D eigenvalue weighted by atomic mass is 32.1. The molecule has 0 spiro atoms. The molecule has 0 aliphatic heterocycles. The Morgan fingerprint density at radius 1 is 1.29 bits per heavy atom. The quantitative estimate of drug-likeness (QED) is 0.693. The molecule has 14 heavy (non-hydrogen) atoms. The van der Waals surface area contributed by atoms with Crippen molar-refractivity contribution in [1.29, 1.82) is 0 Å². The molecule has 3 N–H and O–H groups in total. The third kappa shape index (κ3) is 2.74. The minimum Gasteiger partial charge on any atom is -0.364 e. The molecule has 0 radical (unpaired) electrons. The lowest BCUT2D eigenvalue weighted by Gasteiger charge is -2.04. The predicted molar refractivity (Wildman–Crippen MR) is 51.8 cm³/mol. The Morgan fingerprint density at radius 2 is 1.79 bits per heavy atom. The first kappa shape index (κ1) is 10.5. The van der Waals surface area contributed by atoms with Gasteiger partial charge in [-0.15, -0.1) is 0 Å². The van der Waals surface area contributed by atoms with Gasteiger partial charge < -0.3 is 11.1 Å². The van der Waals surface area contributed by atoms with Gasteiger partial charge in [0.25, 0.3) is 5.91 Å². The van der Waals surface area contributed by atoms with Gasteiger partial charge in [0.1, 0.15) is 11.6 Å². The summed E-state index contributed by atoms with van der Waals surface area (Å²) < 4.78 is 25.3. The summed E-state index contributed by atoms with van der Waals surface area (Å²) in [7, 11) is 0. The minimum absolute atomic E-state index is 0.0475.